The SMILES string of the molecule is CCCCCCCCCNC(=O)C(NC(=O)CCN(O)C=O)C(C)(C)C. The van der Waals surface area contributed by atoms with Crippen molar-refractivity contribution in [1.82, 2.24) is 15.7 Å². The van der Waals surface area contributed by atoms with Crippen molar-refractivity contribution in [3.05, 3.63) is 0 Å². The van der Waals surface area contributed by atoms with Crippen LogP contribution in [0, 0.1) is 5.41 Å². The van der Waals surface area contributed by atoms with E-state index in [1.165, 1.54) is 32.1 Å². The van der Waals surface area contributed by atoms with Crippen LogP contribution in [0.3, 0.4) is 0 Å². The van der Waals surface area contributed by atoms with E-state index in [4.69, 9.17) is 5.21 Å². The van der Waals surface area contributed by atoms with Crippen molar-refractivity contribution in [2.45, 2.75) is 85.1 Å². The van der Waals surface area contributed by atoms with E-state index in [9.17, 15) is 14.4 Å². The van der Waals surface area contributed by atoms with E-state index in [1.807, 2.05) is 20.8 Å². The first-order valence-electron chi connectivity index (χ1n) is 9.70. The first-order valence-corrected chi connectivity index (χ1v) is 9.70. The van der Waals surface area contributed by atoms with Crippen LogP contribution in [0.4, 0.5) is 0 Å². The molecule has 3 N–H and O–H groups in total. The molecule has 0 aromatic rings. The van der Waals surface area contributed by atoms with Gasteiger partial charge in [-0.2, -0.15) is 0 Å². The van der Waals surface area contributed by atoms with Crippen LogP contribution in [0.15, 0.2) is 0 Å². The summed E-state index contributed by atoms with van der Waals surface area (Å²) in [6, 6.07) is -0.664. The molecule has 0 saturated heterocycles. The summed E-state index contributed by atoms with van der Waals surface area (Å²) in [4.78, 5) is 34.8. The Morgan fingerprint density at radius 1 is 1.08 bits per heavy atom. The van der Waals surface area contributed by atoms with Crippen LogP contribution in [0.5, 0.6) is 0 Å². The maximum Gasteiger partial charge on any atom is 0.243 e. The molecule has 1 atom stereocenters. The van der Waals surface area contributed by atoms with Gasteiger partial charge >= 0.3 is 0 Å². The lowest BCUT2D eigenvalue weighted by molar-refractivity contribution is -0.151. The number of hydroxylamine groups is 2. The van der Waals surface area contributed by atoms with Gasteiger partial charge in [0, 0.05) is 13.0 Å². The molecule has 26 heavy (non-hydrogen) atoms. The highest BCUT2D eigenvalue weighted by atomic mass is 16.5. The summed E-state index contributed by atoms with van der Waals surface area (Å²) in [7, 11) is 0. The monoisotopic (exact) mass is 371 g/mol. The Balaban J connectivity index is 4.24. The molecule has 0 radical (unpaired) electrons. The van der Waals surface area contributed by atoms with E-state index >= 15 is 0 Å². The van der Waals surface area contributed by atoms with Gasteiger partial charge in [0.05, 0.1) is 6.54 Å². The van der Waals surface area contributed by atoms with Gasteiger partial charge in [0.2, 0.25) is 18.2 Å². The molecule has 7 nitrogen and oxygen atoms in total. The summed E-state index contributed by atoms with van der Waals surface area (Å²) in [5.74, 6) is -0.579. The molecule has 0 rings (SSSR count). The molecule has 0 aliphatic heterocycles. The summed E-state index contributed by atoms with van der Waals surface area (Å²) in [5, 5.41) is 15.1. The Morgan fingerprint density at radius 3 is 2.19 bits per heavy atom. The zero-order valence-corrected chi connectivity index (χ0v) is 16.8. The minimum atomic E-state index is -0.664. The molecular weight excluding hydrogens is 334 g/mol. The van der Waals surface area contributed by atoms with Gasteiger partial charge in [-0.05, 0) is 11.8 Å². The smallest absolute Gasteiger partial charge is 0.243 e. The van der Waals surface area contributed by atoms with Gasteiger partial charge in [-0.3, -0.25) is 19.6 Å². The Bertz CT molecular complexity index is 421. The fraction of sp³-hybridized carbons (Fsp3) is 0.842. The highest BCUT2D eigenvalue weighted by molar-refractivity contribution is 5.88. The summed E-state index contributed by atoms with van der Waals surface area (Å²) in [6.45, 7) is 8.34. The molecule has 0 aromatic carbocycles. The summed E-state index contributed by atoms with van der Waals surface area (Å²) < 4.78 is 0. The van der Waals surface area contributed by atoms with E-state index in [2.05, 4.69) is 17.6 Å². The molecule has 0 aliphatic carbocycles. The Labute approximate surface area is 157 Å². The van der Waals surface area contributed by atoms with Gasteiger partial charge in [-0.1, -0.05) is 66.2 Å². The predicted molar refractivity (Wildman–Crippen MR) is 102 cm³/mol. The van der Waals surface area contributed by atoms with Crippen LogP contribution in [0.25, 0.3) is 0 Å². The maximum atomic E-state index is 12.5. The first kappa shape index (κ1) is 24.4. The number of hydrogen-bond donors (Lipinski definition) is 3. The summed E-state index contributed by atoms with van der Waals surface area (Å²) in [5.41, 5.74) is -0.441. The minimum absolute atomic E-state index is 0.0626. The number of unbranched alkanes of at least 4 members (excludes halogenated alkanes) is 6. The van der Waals surface area contributed by atoms with Crippen molar-refractivity contribution < 1.29 is 19.6 Å². The Hall–Kier alpha value is -1.63. The van der Waals surface area contributed by atoms with Crippen molar-refractivity contribution in [3.8, 4) is 0 Å². The number of carbonyl (C=O) groups is 3. The van der Waals surface area contributed by atoms with Crippen molar-refractivity contribution in [3.63, 3.8) is 0 Å². The largest absolute Gasteiger partial charge is 0.354 e. The molecule has 0 aliphatic rings. The molecule has 0 heterocycles. The third kappa shape index (κ3) is 11.8. The Morgan fingerprint density at radius 2 is 1.65 bits per heavy atom. The standard InChI is InChI=1S/C19H37N3O4/c1-5-6-7-8-9-10-11-13-20-18(25)17(19(2,3)4)21-16(24)12-14-22(26)15-23/h15,17,26H,5-14H2,1-4H3,(H,20,25)(H,21,24). The molecule has 7 heteroatoms. The number of amides is 3. The van der Waals surface area contributed by atoms with Crippen LogP contribution in [0.1, 0.15) is 79.1 Å². The zero-order chi connectivity index (χ0) is 20.0. The van der Waals surface area contributed by atoms with Gasteiger partial charge < -0.3 is 10.6 Å². The van der Waals surface area contributed by atoms with Crippen LogP contribution in [-0.4, -0.2) is 47.6 Å². The van der Waals surface area contributed by atoms with E-state index in [1.54, 1.807) is 0 Å². The second-order valence-electron chi connectivity index (χ2n) is 7.80. The van der Waals surface area contributed by atoms with E-state index in [0.717, 1.165) is 12.8 Å². The molecule has 3 amide bonds. The van der Waals surface area contributed by atoms with Crippen LogP contribution < -0.4 is 10.6 Å². The number of rotatable bonds is 14. The topological polar surface area (TPSA) is 98.7 Å². The number of carbonyl (C=O) groups excluding carboxylic acids is 3. The molecule has 0 fully saturated rings. The van der Waals surface area contributed by atoms with Gasteiger partial charge in [0.15, 0.2) is 0 Å². The molecule has 1 unspecified atom stereocenters. The second-order valence-corrected chi connectivity index (χ2v) is 7.80. The predicted octanol–water partition coefficient (Wildman–Crippen LogP) is 2.62. The second kappa shape index (κ2) is 13.6. The van der Waals surface area contributed by atoms with Gasteiger partial charge in [0.1, 0.15) is 6.04 Å². The molecule has 0 saturated carbocycles. The van der Waals surface area contributed by atoms with Gasteiger partial charge in [-0.15, -0.1) is 0 Å². The van der Waals surface area contributed by atoms with Crippen LogP contribution in [0.2, 0.25) is 0 Å². The van der Waals surface area contributed by atoms with Crippen LogP contribution >= 0.6 is 0 Å². The average molecular weight is 372 g/mol. The molecule has 0 aromatic heterocycles. The van der Waals surface area contributed by atoms with Crippen molar-refractivity contribution >= 4 is 18.2 Å². The summed E-state index contributed by atoms with van der Waals surface area (Å²) in [6.07, 6.45) is 8.42. The molecule has 0 bridgehead atoms. The third-order valence-corrected chi connectivity index (χ3v) is 4.20. The van der Waals surface area contributed by atoms with Gasteiger partial charge in [0.25, 0.3) is 0 Å². The van der Waals surface area contributed by atoms with E-state index in [0.29, 0.717) is 11.6 Å². The molecule has 0 spiro atoms. The number of nitrogens with one attached hydrogen (secondary N) is 2. The fourth-order valence-electron chi connectivity index (χ4n) is 2.57. The quantitative estimate of drug-likeness (QED) is 0.189. The summed E-state index contributed by atoms with van der Waals surface area (Å²) >= 11 is 0. The maximum absolute atomic E-state index is 12.5. The van der Waals surface area contributed by atoms with Crippen molar-refractivity contribution in [2.24, 2.45) is 5.41 Å². The lowest BCUT2D eigenvalue weighted by atomic mass is 9.86. The average Bonchev–Trinajstić information content (AvgIpc) is 2.58. The van der Waals surface area contributed by atoms with Crippen molar-refractivity contribution in [2.75, 3.05) is 13.1 Å². The number of nitrogens with zero attached hydrogens (tertiary/aromatic N) is 1. The third-order valence-electron chi connectivity index (χ3n) is 4.20. The van der Waals surface area contributed by atoms with E-state index in [-0.39, 0.29) is 31.2 Å². The normalized spacial score (nSPS) is 12.3. The highest BCUT2D eigenvalue weighted by Crippen LogP contribution is 2.19. The highest BCUT2D eigenvalue weighted by Gasteiger charge is 2.32. The lowest BCUT2D eigenvalue weighted by Gasteiger charge is -2.30. The first-order chi connectivity index (χ1) is 12.2. The molecule has 152 valence electrons. The molecular formula is C19H37N3O4. The minimum Gasteiger partial charge on any atom is -0.354 e. The van der Waals surface area contributed by atoms with Gasteiger partial charge in [-0.25, -0.2) is 5.06 Å². The Kier molecular flexibility index (Phi) is 12.7. The van der Waals surface area contributed by atoms with Crippen molar-refractivity contribution in [1.29, 1.82) is 0 Å². The van der Waals surface area contributed by atoms with Crippen LogP contribution in [-0.2, 0) is 14.4 Å². The number of hydrogen-bond acceptors (Lipinski definition) is 4. The van der Waals surface area contributed by atoms with E-state index < -0.39 is 11.5 Å². The fourth-order valence-corrected chi connectivity index (χ4v) is 2.57. The lowest BCUT2D eigenvalue weighted by Crippen LogP contribution is -2.54. The zero-order valence-electron chi connectivity index (χ0n) is 16.8.